The van der Waals surface area contributed by atoms with Crippen LogP contribution >= 0.6 is 0 Å². The van der Waals surface area contributed by atoms with Gasteiger partial charge in [-0.05, 0) is 24.3 Å². The molecule has 6 heteroatoms. The van der Waals surface area contributed by atoms with E-state index in [1.807, 2.05) is 0 Å². The quantitative estimate of drug-likeness (QED) is 0.901. The SMILES string of the molecule is O=S(=O)(NCc1ccccc1O)c1cccc(F)c1. The Hall–Kier alpha value is -1.92. The highest BCUT2D eigenvalue weighted by Crippen LogP contribution is 2.16. The van der Waals surface area contributed by atoms with Gasteiger partial charge in [0.1, 0.15) is 11.6 Å². The molecule has 0 atom stereocenters. The second-order valence-corrected chi connectivity index (χ2v) is 5.68. The predicted octanol–water partition coefficient (Wildman–Crippen LogP) is 2.01. The maximum Gasteiger partial charge on any atom is 0.240 e. The van der Waals surface area contributed by atoms with E-state index in [0.717, 1.165) is 6.07 Å². The smallest absolute Gasteiger partial charge is 0.240 e. The van der Waals surface area contributed by atoms with Crippen molar-refractivity contribution in [3.8, 4) is 5.75 Å². The van der Waals surface area contributed by atoms with E-state index in [0.29, 0.717) is 5.56 Å². The highest BCUT2D eigenvalue weighted by atomic mass is 32.2. The van der Waals surface area contributed by atoms with Gasteiger partial charge >= 0.3 is 0 Å². The van der Waals surface area contributed by atoms with Gasteiger partial charge in [0.15, 0.2) is 0 Å². The standard InChI is InChI=1S/C13H12FNO3S/c14-11-5-3-6-12(8-11)19(17,18)15-9-10-4-1-2-7-13(10)16/h1-8,15-16H,9H2. The average Bonchev–Trinajstić information content (AvgIpc) is 2.38. The lowest BCUT2D eigenvalue weighted by Crippen LogP contribution is -2.23. The minimum atomic E-state index is -3.80. The maximum atomic E-state index is 13.0. The summed E-state index contributed by atoms with van der Waals surface area (Å²) in [5.74, 6) is -0.616. The molecule has 0 radical (unpaired) electrons. The molecule has 2 N–H and O–H groups in total. The van der Waals surface area contributed by atoms with Crippen LogP contribution in [0.2, 0.25) is 0 Å². The van der Waals surface area contributed by atoms with Gasteiger partial charge in [-0.2, -0.15) is 0 Å². The van der Waals surface area contributed by atoms with Crippen molar-refractivity contribution in [1.29, 1.82) is 0 Å². The van der Waals surface area contributed by atoms with E-state index in [4.69, 9.17) is 0 Å². The lowest BCUT2D eigenvalue weighted by Gasteiger charge is -2.08. The van der Waals surface area contributed by atoms with Gasteiger partial charge < -0.3 is 5.11 Å². The van der Waals surface area contributed by atoms with E-state index in [1.165, 1.54) is 24.3 Å². The molecule has 4 nitrogen and oxygen atoms in total. The summed E-state index contributed by atoms with van der Waals surface area (Å²) in [5.41, 5.74) is 0.447. The summed E-state index contributed by atoms with van der Waals surface area (Å²) < 4.78 is 39.1. The van der Waals surface area contributed by atoms with Crippen molar-refractivity contribution in [2.75, 3.05) is 0 Å². The molecule has 0 saturated heterocycles. The van der Waals surface area contributed by atoms with Crippen molar-refractivity contribution in [3.63, 3.8) is 0 Å². The van der Waals surface area contributed by atoms with Gasteiger partial charge in [-0.3, -0.25) is 0 Å². The summed E-state index contributed by atoms with van der Waals surface area (Å²) in [6, 6.07) is 11.1. The van der Waals surface area contributed by atoms with Crippen LogP contribution in [0.1, 0.15) is 5.56 Å². The van der Waals surface area contributed by atoms with Crippen LogP contribution in [0, 0.1) is 5.82 Å². The molecular weight excluding hydrogens is 269 g/mol. The van der Waals surface area contributed by atoms with Gasteiger partial charge in [0.2, 0.25) is 10.0 Å². The molecule has 0 aliphatic heterocycles. The van der Waals surface area contributed by atoms with Crippen LogP contribution in [0.15, 0.2) is 53.4 Å². The third-order valence-electron chi connectivity index (χ3n) is 2.55. The molecule has 0 aliphatic rings. The van der Waals surface area contributed by atoms with Gasteiger partial charge in [0.25, 0.3) is 0 Å². The first-order valence-corrected chi connectivity index (χ1v) is 6.99. The first-order chi connectivity index (χ1) is 8.99. The second kappa shape index (κ2) is 5.38. The molecule has 0 aromatic heterocycles. The van der Waals surface area contributed by atoms with Crippen molar-refractivity contribution in [1.82, 2.24) is 4.72 Å². The van der Waals surface area contributed by atoms with Crippen LogP contribution in [0.5, 0.6) is 5.75 Å². The first-order valence-electron chi connectivity index (χ1n) is 5.51. The van der Waals surface area contributed by atoms with Crippen molar-refractivity contribution in [3.05, 3.63) is 59.9 Å². The van der Waals surface area contributed by atoms with Gasteiger partial charge in [-0.25, -0.2) is 17.5 Å². The summed E-state index contributed by atoms with van der Waals surface area (Å²) in [7, 11) is -3.80. The third kappa shape index (κ3) is 3.30. The zero-order valence-electron chi connectivity index (χ0n) is 9.88. The summed E-state index contributed by atoms with van der Waals surface area (Å²) in [4.78, 5) is -0.150. The van der Waals surface area contributed by atoms with Crippen LogP contribution in [0.3, 0.4) is 0 Å². The number of hydrogen-bond donors (Lipinski definition) is 2. The van der Waals surface area contributed by atoms with Crippen LogP contribution < -0.4 is 4.72 Å². The van der Waals surface area contributed by atoms with Crippen LogP contribution in [-0.2, 0) is 16.6 Å². The molecule has 0 fully saturated rings. The Bertz CT molecular complexity index is 686. The molecule has 2 aromatic rings. The first kappa shape index (κ1) is 13.5. The molecule has 0 amide bonds. The highest BCUT2D eigenvalue weighted by molar-refractivity contribution is 7.89. The van der Waals surface area contributed by atoms with E-state index in [9.17, 15) is 17.9 Å². The largest absolute Gasteiger partial charge is 0.508 e. The Balaban J connectivity index is 2.17. The molecule has 0 aliphatic carbocycles. The van der Waals surface area contributed by atoms with Crippen molar-refractivity contribution in [2.45, 2.75) is 11.4 Å². The molecule has 0 unspecified atom stereocenters. The van der Waals surface area contributed by atoms with Gasteiger partial charge in [-0.15, -0.1) is 0 Å². The predicted molar refractivity (Wildman–Crippen MR) is 68.5 cm³/mol. The lowest BCUT2D eigenvalue weighted by molar-refractivity contribution is 0.467. The van der Waals surface area contributed by atoms with Gasteiger partial charge in [0, 0.05) is 12.1 Å². The minimum Gasteiger partial charge on any atom is -0.508 e. The lowest BCUT2D eigenvalue weighted by atomic mass is 10.2. The van der Waals surface area contributed by atoms with E-state index in [2.05, 4.69) is 4.72 Å². The molecule has 0 bridgehead atoms. The Morgan fingerprint density at radius 3 is 2.53 bits per heavy atom. The fourth-order valence-corrected chi connectivity index (χ4v) is 2.59. The second-order valence-electron chi connectivity index (χ2n) is 3.91. The van der Waals surface area contributed by atoms with Gasteiger partial charge in [-0.1, -0.05) is 24.3 Å². The van der Waals surface area contributed by atoms with Crippen molar-refractivity contribution >= 4 is 10.0 Å². The molecular formula is C13H12FNO3S. The Morgan fingerprint density at radius 2 is 1.84 bits per heavy atom. The number of para-hydroxylation sites is 1. The molecule has 0 saturated carbocycles. The number of phenols is 1. The third-order valence-corrected chi connectivity index (χ3v) is 3.95. The molecule has 2 rings (SSSR count). The van der Waals surface area contributed by atoms with E-state index in [-0.39, 0.29) is 17.2 Å². The summed E-state index contributed by atoms with van der Waals surface area (Å²) in [5, 5.41) is 9.53. The number of aromatic hydroxyl groups is 1. The van der Waals surface area contributed by atoms with Crippen LogP contribution in [0.25, 0.3) is 0 Å². The number of benzene rings is 2. The van der Waals surface area contributed by atoms with E-state index >= 15 is 0 Å². The van der Waals surface area contributed by atoms with Crippen molar-refractivity contribution < 1.29 is 17.9 Å². The number of halogens is 1. The number of hydrogen-bond acceptors (Lipinski definition) is 3. The minimum absolute atomic E-state index is 0.00411. The Morgan fingerprint density at radius 1 is 1.11 bits per heavy atom. The van der Waals surface area contributed by atoms with E-state index < -0.39 is 15.8 Å². The fourth-order valence-electron chi connectivity index (χ4n) is 1.55. The van der Waals surface area contributed by atoms with Gasteiger partial charge in [0.05, 0.1) is 4.90 Å². The number of sulfonamides is 1. The summed E-state index contributed by atoms with van der Waals surface area (Å²) >= 11 is 0. The van der Waals surface area contributed by atoms with Crippen molar-refractivity contribution in [2.24, 2.45) is 0 Å². The van der Waals surface area contributed by atoms with Crippen LogP contribution in [0.4, 0.5) is 4.39 Å². The average molecular weight is 281 g/mol. The number of rotatable bonds is 4. The fraction of sp³-hybridized carbons (Fsp3) is 0.0769. The zero-order valence-corrected chi connectivity index (χ0v) is 10.7. The number of nitrogens with one attached hydrogen (secondary N) is 1. The molecule has 100 valence electrons. The summed E-state index contributed by atoms with van der Waals surface area (Å²) in [6.07, 6.45) is 0. The molecule has 0 heterocycles. The zero-order chi connectivity index (χ0) is 13.9. The van der Waals surface area contributed by atoms with E-state index in [1.54, 1.807) is 18.2 Å². The molecule has 19 heavy (non-hydrogen) atoms. The van der Waals surface area contributed by atoms with Crippen LogP contribution in [-0.4, -0.2) is 13.5 Å². The Kier molecular flexibility index (Phi) is 3.82. The maximum absolute atomic E-state index is 13.0. The topological polar surface area (TPSA) is 66.4 Å². The highest BCUT2D eigenvalue weighted by Gasteiger charge is 2.14. The molecule has 2 aromatic carbocycles. The Labute approximate surface area is 110 Å². The number of phenolic OH excluding ortho intramolecular Hbond substituents is 1. The normalized spacial score (nSPS) is 11.4. The summed E-state index contributed by atoms with van der Waals surface area (Å²) in [6.45, 7) is -0.0640. The monoisotopic (exact) mass is 281 g/mol. The molecule has 0 spiro atoms.